The van der Waals surface area contributed by atoms with E-state index in [0.29, 0.717) is 35.1 Å². The molecule has 4 rings (SSSR count). The minimum absolute atomic E-state index is 0.241. The summed E-state index contributed by atoms with van der Waals surface area (Å²) in [6.45, 7) is 6.91. The molecule has 0 aliphatic carbocycles. The molecule has 1 aliphatic heterocycles. The fraction of sp³-hybridized carbons (Fsp3) is 0.542. The number of fused-ring (bicyclic) bond motifs is 3. The Labute approximate surface area is 193 Å². The number of ether oxygens (including phenoxy) is 2. The summed E-state index contributed by atoms with van der Waals surface area (Å²) in [4.78, 5) is 33.1. The summed E-state index contributed by atoms with van der Waals surface area (Å²) in [7, 11) is 4.95. The average molecular weight is 456 g/mol. The number of methoxy groups -OCH3 is 2. The second kappa shape index (κ2) is 9.33. The van der Waals surface area contributed by atoms with E-state index in [9.17, 15) is 9.59 Å². The predicted octanol–water partition coefficient (Wildman–Crippen LogP) is 2.41. The molecule has 0 amide bonds. The van der Waals surface area contributed by atoms with Crippen LogP contribution in [0.15, 0.2) is 27.8 Å². The Kier molecular flexibility index (Phi) is 6.49. The predicted molar refractivity (Wildman–Crippen MR) is 129 cm³/mol. The van der Waals surface area contributed by atoms with Crippen molar-refractivity contribution >= 4 is 17.1 Å². The molecule has 9 nitrogen and oxygen atoms in total. The van der Waals surface area contributed by atoms with Crippen LogP contribution in [-0.4, -0.2) is 46.0 Å². The summed E-state index contributed by atoms with van der Waals surface area (Å²) < 4.78 is 15.6. The molecule has 2 aromatic heterocycles. The lowest BCUT2D eigenvalue weighted by Gasteiger charge is -2.29. The number of imidazole rings is 1. The molecule has 0 unspecified atom stereocenters. The van der Waals surface area contributed by atoms with E-state index < -0.39 is 0 Å². The molecule has 0 saturated carbocycles. The minimum atomic E-state index is -0.305. The molecule has 178 valence electrons. The van der Waals surface area contributed by atoms with Gasteiger partial charge in [-0.2, -0.15) is 4.98 Å². The monoisotopic (exact) mass is 455 g/mol. The van der Waals surface area contributed by atoms with Crippen molar-refractivity contribution in [3.05, 3.63) is 44.6 Å². The molecule has 0 saturated heterocycles. The second-order valence-electron chi connectivity index (χ2n) is 9.00. The lowest BCUT2D eigenvalue weighted by atomic mass is 10.1. The number of hydrogen-bond acceptors (Lipinski definition) is 6. The third-order valence-electron chi connectivity index (χ3n) is 6.35. The van der Waals surface area contributed by atoms with Crippen molar-refractivity contribution in [2.24, 2.45) is 13.0 Å². The van der Waals surface area contributed by atoms with Gasteiger partial charge in [0.05, 0.1) is 14.2 Å². The van der Waals surface area contributed by atoms with Crippen molar-refractivity contribution in [3.63, 3.8) is 0 Å². The molecular formula is C24H33N5O4. The Morgan fingerprint density at radius 2 is 1.82 bits per heavy atom. The fourth-order valence-electron chi connectivity index (χ4n) is 4.43. The Bertz CT molecular complexity index is 1270. The maximum Gasteiger partial charge on any atom is 0.332 e. The lowest BCUT2D eigenvalue weighted by Crippen LogP contribution is -2.40. The van der Waals surface area contributed by atoms with Gasteiger partial charge in [-0.1, -0.05) is 19.9 Å². The largest absolute Gasteiger partial charge is 0.493 e. The molecular weight excluding hydrogens is 422 g/mol. The molecule has 33 heavy (non-hydrogen) atoms. The second-order valence-corrected chi connectivity index (χ2v) is 9.00. The van der Waals surface area contributed by atoms with Crippen LogP contribution in [0.2, 0.25) is 0 Å². The van der Waals surface area contributed by atoms with Crippen LogP contribution in [0.3, 0.4) is 0 Å². The number of nitrogens with zero attached hydrogens (tertiary/aromatic N) is 5. The zero-order valence-corrected chi connectivity index (χ0v) is 20.1. The third kappa shape index (κ3) is 4.24. The Morgan fingerprint density at radius 1 is 1.06 bits per heavy atom. The SMILES string of the molecule is COc1ccc(CCN2CCCn3c2nc2c3c(=O)n(CCC(C)C)c(=O)n2C)cc1OC. The Morgan fingerprint density at radius 3 is 2.52 bits per heavy atom. The van der Waals surface area contributed by atoms with Crippen LogP contribution < -0.4 is 25.6 Å². The van der Waals surface area contributed by atoms with Gasteiger partial charge >= 0.3 is 5.69 Å². The molecule has 9 heteroatoms. The van der Waals surface area contributed by atoms with Crippen molar-refractivity contribution in [2.75, 3.05) is 32.2 Å². The standard InChI is InChI=1S/C24H33N5O4/c1-16(2)9-14-29-22(30)20-21(26(3)24(29)31)25-23-27(11-6-12-28(20)23)13-10-17-7-8-18(32-4)19(15-17)33-5/h7-8,15-16H,6,9-14H2,1-5H3. The highest BCUT2D eigenvalue weighted by Crippen LogP contribution is 2.29. The van der Waals surface area contributed by atoms with E-state index >= 15 is 0 Å². The Balaban J connectivity index is 1.67. The Hall–Kier alpha value is -3.23. The van der Waals surface area contributed by atoms with E-state index in [-0.39, 0.29) is 11.2 Å². The van der Waals surface area contributed by atoms with Crippen molar-refractivity contribution in [1.82, 2.24) is 18.7 Å². The first-order chi connectivity index (χ1) is 15.8. The van der Waals surface area contributed by atoms with Crippen LogP contribution >= 0.6 is 0 Å². The van der Waals surface area contributed by atoms with Gasteiger partial charge in [-0.25, -0.2) is 4.79 Å². The van der Waals surface area contributed by atoms with E-state index in [1.165, 1.54) is 9.13 Å². The smallest absolute Gasteiger partial charge is 0.332 e. The van der Waals surface area contributed by atoms with E-state index in [2.05, 4.69) is 18.7 Å². The molecule has 0 spiro atoms. The van der Waals surface area contributed by atoms with E-state index in [4.69, 9.17) is 14.5 Å². The van der Waals surface area contributed by atoms with Crippen molar-refractivity contribution in [2.45, 2.75) is 46.2 Å². The quantitative estimate of drug-likeness (QED) is 0.519. The van der Waals surface area contributed by atoms with Crippen LogP contribution in [0.4, 0.5) is 5.95 Å². The highest BCUT2D eigenvalue weighted by atomic mass is 16.5. The van der Waals surface area contributed by atoms with Crippen LogP contribution in [-0.2, 0) is 26.6 Å². The number of aryl methyl sites for hydroxylation is 2. The third-order valence-corrected chi connectivity index (χ3v) is 6.35. The molecule has 0 fully saturated rings. The normalized spacial score (nSPS) is 13.6. The van der Waals surface area contributed by atoms with Crippen LogP contribution in [0.25, 0.3) is 11.2 Å². The van der Waals surface area contributed by atoms with Crippen molar-refractivity contribution in [1.29, 1.82) is 0 Å². The summed E-state index contributed by atoms with van der Waals surface area (Å²) in [5.74, 6) is 2.57. The first kappa shape index (κ1) is 22.9. The van der Waals surface area contributed by atoms with Gasteiger partial charge in [0.25, 0.3) is 5.56 Å². The fourth-order valence-corrected chi connectivity index (χ4v) is 4.43. The summed E-state index contributed by atoms with van der Waals surface area (Å²) in [5, 5.41) is 0. The number of rotatable bonds is 8. The molecule has 3 heterocycles. The highest BCUT2D eigenvalue weighted by Gasteiger charge is 2.26. The molecule has 1 aliphatic rings. The number of anilines is 1. The first-order valence-corrected chi connectivity index (χ1v) is 11.5. The van der Waals surface area contributed by atoms with Crippen LogP contribution in [0.1, 0.15) is 32.3 Å². The first-order valence-electron chi connectivity index (χ1n) is 11.5. The molecule has 1 aromatic carbocycles. The van der Waals surface area contributed by atoms with Gasteiger partial charge in [0, 0.05) is 33.2 Å². The zero-order chi connectivity index (χ0) is 23.7. The zero-order valence-electron chi connectivity index (χ0n) is 20.1. The van der Waals surface area contributed by atoms with Crippen molar-refractivity contribution < 1.29 is 9.47 Å². The summed E-state index contributed by atoms with van der Waals surface area (Å²) in [6.07, 6.45) is 2.48. The molecule has 0 radical (unpaired) electrons. The van der Waals surface area contributed by atoms with Gasteiger partial charge in [-0.05, 0) is 42.9 Å². The lowest BCUT2D eigenvalue weighted by molar-refractivity contribution is 0.354. The summed E-state index contributed by atoms with van der Waals surface area (Å²) >= 11 is 0. The molecule has 0 atom stereocenters. The van der Waals surface area contributed by atoms with E-state index in [1.807, 2.05) is 22.8 Å². The van der Waals surface area contributed by atoms with Gasteiger partial charge in [-0.3, -0.25) is 13.9 Å². The van der Waals surface area contributed by atoms with Gasteiger partial charge in [0.1, 0.15) is 0 Å². The number of benzene rings is 1. The maximum absolute atomic E-state index is 13.3. The highest BCUT2D eigenvalue weighted by molar-refractivity contribution is 5.75. The van der Waals surface area contributed by atoms with Crippen LogP contribution in [0, 0.1) is 5.92 Å². The minimum Gasteiger partial charge on any atom is -0.493 e. The van der Waals surface area contributed by atoms with Gasteiger partial charge < -0.3 is 18.9 Å². The molecule has 0 bridgehead atoms. The van der Waals surface area contributed by atoms with Gasteiger partial charge in [0.2, 0.25) is 5.95 Å². The van der Waals surface area contributed by atoms with Gasteiger partial charge in [0.15, 0.2) is 22.7 Å². The van der Waals surface area contributed by atoms with Crippen molar-refractivity contribution in [3.8, 4) is 11.5 Å². The van der Waals surface area contributed by atoms with E-state index in [0.717, 1.165) is 50.4 Å². The average Bonchev–Trinajstić information content (AvgIpc) is 3.21. The van der Waals surface area contributed by atoms with E-state index in [1.54, 1.807) is 21.3 Å². The van der Waals surface area contributed by atoms with Gasteiger partial charge in [-0.15, -0.1) is 0 Å². The molecule has 0 N–H and O–H groups in total. The topological polar surface area (TPSA) is 83.5 Å². The maximum atomic E-state index is 13.3. The number of aromatic nitrogens is 4. The molecule has 3 aromatic rings. The summed E-state index contributed by atoms with van der Waals surface area (Å²) in [6, 6.07) is 5.93. The van der Waals surface area contributed by atoms with Crippen LogP contribution in [0.5, 0.6) is 11.5 Å². The summed E-state index contributed by atoms with van der Waals surface area (Å²) in [5.41, 5.74) is 1.56. The number of hydrogen-bond donors (Lipinski definition) is 0.